The molecule has 0 aliphatic carbocycles. The molecule has 0 unspecified atom stereocenters. The summed E-state index contributed by atoms with van der Waals surface area (Å²) in [5, 5.41) is 5.60. The van der Waals surface area contributed by atoms with Crippen molar-refractivity contribution in [3.63, 3.8) is 0 Å². The standard InChI is InChI=1S/C7H6ClN3S2/c8-6-7(11-13-10-6)9-4-5-2-1-3-12-5/h1-3H,4H2,(H,9,11). The average molecular weight is 232 g/mol. The van der Waals surface area contributed by atoms with E-state index in [-0.39, 0.29) is 0 Å². The van der Waals surface area contributed by atoms with Crippen LogP contribution in [0.1, 0.15) is 4.88 Å². The largest absolute Gasteiger partial charge is 0.362 e. The molecule has 0 radical (unpaired) electrons. The predicted molar refractivity (Wildman–Crippen MR) is 56.6 cm³/mol. The zero-order valence-corrected chi connectivity index (χ0v) is 8.92. The van der Waals surface area contributed by atoms with Crippen LogP contribution in [0.4, 0.5) is 5.82 Å². The van der Waals surface area contributed by atoms with Crippen LogP contribution in [0.25, 0.3) is 0 Å². The summed E-state index contributed by atoms with van der Waals surface area (Å²) in [5.41, 5.74) is 0. The van der Waals surface area contributed by atoms with Crippen LogP contribution in [0.15, 0.2) is 17.5 Å². The van der Waals surface area contributed by atoms with Gasteiger partial charge in [0.2, 0.25) is 0 Å². The molecule has 0 atom stereocenters. The fourth-order valence-corrected chi connectivity index (χ4v) is 2.20. The Kier molecular flexibility index (Phi) is 2.77. The van der Waals surface area contributed by atoms with Crippen molar-refractivity contribution in [2.24, 2.45) is 0 Å². The van der Waals surface area contributed by atoms with Gasteiger partial charge in [-0.1, -0.05) is 17.7 Å². The molecule has 68 valence electrons. The Morgan fingerprint density at radius 2 is 2.38 bits per heavy atom. The molecule has 0 fully saturated rings. The van der Waals surface area contributed by atoms with Gasteiger partial charge in [-0.3, -0.25) is 0 Å². The van der Waals surface area contributed by atoms with Gasteiger partial charge < -0.3 is 5.32 Å². The van der Waals surface area contributed by atoms with Gasteiger partial charge in [0.15, 0.2) is 11.0 Å². The topological polar surface area (TPSA) is 37.8 Å². The molecular weight excluding hydrogens is 226 g/mol. The molecule has 2 aromatic heterocycles. The highest BCUT2D eigenvalue weighted by Gasteiger charge is 2.03. The zero-order valence-electron chi connectivity index (χ0n) is 6.53. The molecule has 6 heteroatoms. The van der Waals surface area contributed by atoms with Gasteiger partial charge in [-0.05, 0) is 11.4 Å². The normalized spacial score (nSPS) is 10.2. The van der Waals surface area contributed by atoms with Crippen molar-refractivity contribution in [2.75, 3.05) is 5.32 Å². The minimum Gasteiger partial charge on any atom is -0.362 e. The number of nitrogens with one attached hydrogen (secondary N) is 1. The minimum absolute atomic E-state index is 0.446. The van der Waals surface area contributed by atoms with Gasteiger partial charge in [0.25, 0.3) is 0 Å². The van der Waals surface area contributed by atoms with Gasteiger partial charge >= 0.3 is 0 Å². The first-order valence-corrected chi connectivity index (χ1v) is 5.59. The van der Waals surface area contributed by atoms with Crippen molar-refractivity contribution >= 4 is 40.5 Å². The van der Waals surface area contributed by atoms with Crippen LogP contribution in [0.2, 0.25) is 5.15 Å². The monoisotopic (exact) mass is 231 g/mol. The Labute approximate surface area is 88.7 Å². The minimum atomic E-state index is 0.446. The van der Waals surface area contributed by atoms with Crippen LogP contribution in [0, 0.1) is 0 Å². The fourth-order valence-electron chi connectivity index (χ4n) is 0.867. The Morgan fingerprint density at radius 3 is 3.00 bits per heavy atom. The zero-order chi connectivity index (χ0) is 9.10. The third-order valence-corrected chi connectivity index (χ3v) is 3.23. The van der Waals surface area contributed by atoms with Gasteiger partial charge in [0, 0.05) is 4.88 Å². The highest BCUT2D eigenvalue weighted by Crippen LogP contribution is 2.19. The molecule has 2 heterocycles. The van der Waals surface area contributed by atoms with E-state index < -0.39 is 0 Å². The summed E-state index contributed by atoms with van der Waals surface area (Å²) in [7, 11) is 0. The molecule has 0 saturated carbocycles. The predicted octanol–water partition coefficient (Wildman–Crippen LogP) is 2.87. The molecule has 2 rings (SSSR count). The van der Waals surface area contributed by atoms with Crippen LogP contribution in [0.5, 0.6) is 0 Å². The molecule has 3 nitrogen and oxygen atoms in total. The number of thiophene rings is 1. The lowest BCUT2D eigenvalue weighted by atomic mass is 10.4. The Morgan fingerprint density at radius 1 is 1.46 bits per heavy atom. The maximum atomic E-state index is 5.76. The SMILES string of the molecule is Clc1nsnc1NCc1cccs1. The summed E-state index contributed by atoms with van der Waals surface area (Å²) in [5.74, 6) is 0.667. The van der Waals surface area contributed by atoms with E-state index in [1.807, 2.05) is 11.4 Å². The van der Waals surface area contributed by atoms with E-state index in [1.54, 1.807) is 11.3 Å². The fraction of sp³-hybridized carbons (Fsp3) is 0.143. The number of hydrogen-bond donors (Lipinski definition) is 1. The van der Waals surface area contributed by atoms with E-state index in [0.717, 1.165) is 18.3 Å². The smallest absolute Gasteiger partial charge is 0.186 e. The van der Waals surface area contributed by atoms with E-state index in [4.69, 9.17) is 11.6 Å². The van der Waals surface area contributed by atoms with E-state index in [2.05, 4.69) is 20.1 Å². The van der Waals surface area contributed by atoms with Gasteiger partial charge in [0.1, 0.15) is 0 Å². The molecule has 0 spiro atoms. The van der Waals surface area contributed by atoms with E-state index in [9.17, 15) is 0 Å². The average Bonchev–Trinajstić information content (AvgIpc) is 2.72. The Hall–Kier alpha value is -0.650. The number of hydrogen-bond acceptors (Lipinski definition) is 5. The van der Waals surface area contributed by atoms with Crippen LogP contribution >= 0.6 is 34.7 Å². The highest BCUT2D eigenvalue weighted by molar-refractivity contribution is 7.09. The summed E-state index contributed by atoms with van der Waals surface area (Å²) < 4.78 is 7.86. The summed E-state index contributed by atoms with van der Waals surface area (Å²) in [6.07, 6.45) is 0. The van der Waals surface area contributed by atoms with E-state index >= 15 is 0 Å². The lowest BCUT2D eigenvalue weighted by Crippen LogP contribution is -1.97. The van der Waals surface area contributed by atoms with Crippen molar-refractivity contribution in [1.82, 2.24) is 8.75 Å². The van der Waals surface area contributed by atoms with E-state index in [1.165, 1.54) is 4.88 Å². The number of halogens is 1. The Bertz CT molecular complexity index is 371. The number of aromatic nitrogens is 2. The van der Waals surface area contributed by atoms with Crippen LogP contribution in [0.3, 0.4) is 0 Å². The third-order valence-electron chi connectivity index (χ3n) is 1.46. The maximum absolute atomic E-state index is 5.76. The Balaban J connectivity index is 1.97. The van der Waals surface area contributed by atoms with Crippen molar-refractivity contribution in [2.45, 2.75) is 6.54 Å². The highest BCUT2D eigenvalue weighted by atomic mass is 35.5. The first kappa shape index (κ1) is 8.93. The van der Waals surface area contributed by atoms with Crippen LogP contribution in [-0.2, 0) is 6.54 Å². The van der Waals surface area contributed by atoms with Crippen LogP contribution < -0.4 is 5.32 Å². The van der Waals surface area contributed by atoms with Gasteiger partial charge in [-0.25, -0.2) is 0 Å². The molecule has 0 amide bonds. The molecule has 0 bridgehead atoms. The first-order chi connectivity index (χ1) is 6.36. The van der Waals surface area contributed by atoms with Crippen LogP contribution in [-0.4, -0.2) is 8.75 Å². The van der Waals surface area contributed by atoms with Crippen molar-refractivity contribution < 1.29 is 0 Å². The summed E-state index contributed by atoms with van der Waals surface area (Å²) in [6, 6.07) is 4.08. The summed E-state index contributed by atoms with van der Waals surface area (Å²) in [4.78, 5) is 1.25. The second kappa shape index (κ2) is 4.04. The van der Waals surface area contributed by atoms with Gasteiger partial charge in [0.05, 0.1) is 18.3 Å². The summed E-state index contributed by atoms with van der Waals surface area (Å²) in [6.45, 7) is 0.753. The number of nitrogens with zero attached hydrogens (tertiary/aromatic N) is 2. The molecule has 2 aromatic rings. The van der Waals surface area contributed by atoms with Gasteiger partial charge in [-0.2, -0.15) is 8.75 Å². The number of rotatable bonds is 3. The lowest BCUT2D eigenvalue weighted by Gasteiger charge is -1.98. The molecular formula is C7H6ClN3S2. The summed E-state index contributed by atoms with van der Waals surface area (Å²) >= 11 is 8.57. The molecule has 13 heavy (non-hydrogen) atoms. The van der Waals surface area contributed by atoms with Crippen molar-refractivity contribution in [1.29, 1.82) is 0 Å². The van der Waals surface area contributed by atoms with Gasteiger partial charge in [-0.15, -0.1) is 11.3 Å². The lowest BCUT2D eigenvalue weighted by molar-refractivity contribution is 1.17. The van der Waals surface area contributed by atoms with Crippen molar-refractivity contribution in [3.05, 3.63) is 27.5 Å². The van der Waals surface area contributed by atoms with Crippen molar-refractivity contribution in [3.8, 4) is 0 Å². The second-order valence-corrected chi connectivity index (χ2v) is 4.26. The molecule has 0 aromatic carbocycles. The molecule has 0 aliphatic rings. The molecule has 0 aliphatic heterocycles. The third kappa shape index (κ3) is 2.18. The first-order valence-electron chi connectivity index (χ1n) is 3.60. The maximum Gasteiger partial charge on any atom is 0.186 e. The second-order valence-electron chi connectivity index (χ2n) is 2.34. The number of anilines is 1. The molecule has 1 N–H and O–H groups in total. The molecule has 0 saturated heterocycles. The van der Waals surface area contributed by atoms with E-state index in [0.29, 0.717) is 11.0 Å². The quantitative estimate of drug-likeness (QED) is 0.883.